The van der Waals surface area contributed by atoms with Crippen molar-refractivity contribution in [1.82, 2.24) is 10.1 Å². The summed E-state index contributed by atoms with van der Waals surface area (Å²) in [4.78, 5) is 14.1. The predicted octanol–water partition coefficient (Wildman–Crippen LogP) is 1.85. The highest BCUT2D eigenvalue weighted by Gasteiger charge is 2.34. The van der Waals surface area contributed by atoms with Gasteiger partial charge in [-0.1, -0.05) is 12.1 Å². The van der Waals surface area contributed by atoms with Crippen LogP contribution >= 0.6 is 0 Å². The molecule has 124 valence electrons. The molecule has 1 aromatic rings. The molecule has 0 spiro atoms. The first-order valence-corrected chi connectivity index (χ1v) is 9.36. The maximum atomic E-state index is 12.5. The number of hydrogen-bond acceptors (Lipinski definition) is 5. The van der Waals surface area contributed by atoms with E-state index in [1.807, 2.05) is 0 Å². The quantitative estimate of drug-likeness (QED) is 0.842. The Hall–Kier alpha value is -1.37. The summed E-state index contributed by atoms with van der Waals surface area (Å²) >= 11 is 0. The number of sulfone groups is 1. The lowest BCUT2D eigenvalue weighted by Crippen LogP contribution is -2.45. The number of amides is 1. The van der Waals surface area contributed by atoms with Crippen LogP contribution in [0.25, 0.3) is 0 Å². The number of rotatable bonds is 4. The SMILES string of the molecule is Cc1noc(C)c1CS(=O)(=O)[C@H](C)C(=O)N1CCC(C)CC1. The van der Waals surface area contributed by atoms with Gasteiger partial charge in [0.15, 0.2) is 9.84 Å². The van der Waals surface area contributed by atoms with Crippen LogP contribution in [0.2, 0.25) is 0 Å². The van der Waals surface area contributed by atoms with E-state index < -0.39 is 15.1 Å². The van der Waals surface area contributed by atoms with Crippen LogP contribution in [-0.4, -0.2) is 42.7 Å². The van der Waals surface area contributed by atoms with E-state index in [9.17, 15) is 13.2 Å². The molecule has 22 heavy (non-hydrogen) atoms. The summed E-state index contributed by atoms with van der Waals surface area (Å²) in [5.74, 6) is 0.593. The monoisotopic (exact) mass is 328 g/mol. The van der Waals surface area contributed by atoms with Gasteiger partial charge in [0.1, 0.15) is 11.0 Å². The zero-order valence-corrected chi connectivity index (χ0v) is 14.4. The molecule has 1 aliphatic heterocycles. The van der Waals surface area contributed by atoms with Gasteiger partial charge in [-0.25, -0.2) is 8.42 Å². The van der Waals surface area contributed by atoms with Gasteiger partial charge >= 0.3 is 0 Å². The second-order valence-corrected chi connectivity index (χ2v) is 8.58. The molecule has 0 aliphatic carbocycles. The number of nitrogens with zero attached hydrogens (tertiary/aromatic N) is 2. The van der Waals surface area contributed by atoms with Crippen molar-refractivity contribution in [2.24, 2.45) is 5.92 Å². The summed E-state index contributed by atoms with van der Waals surface area (Å²) in [5, 5.41) is 2.74. The Morgan fingerprint density at radius 2 is 1.95 bits per heavy atom. The Morgan fingerprint density at radius 1 is 1.36 bits per heavy atom. The number of hydrogen-bond donors (Lipinski definition) is 0. The molecular formula is C15H24N2O4S. The van der Waals surface area contributed by atoms with E-state index >= 15 is 0 Å². The minimum atomic E-state index is -3.58. The molecule has 0 saturated carbocycles. The van der Waals surface area contributed by atoms with Gasteiger partial charge < -0.3 is 9.42 Å². The molecule has 0 bridgehead atoms. The Labute approximate surface area is 131 Å². The second kappa shape index (κ2) is 6.40. The molecule has 7 heteroatoms. The van der Waals surface area contributed by atoms with Crippen molar-refractivity contribution < 1.29 is 17.7 Å². The van der Waals surface area contributed by atoms with E-state index in [4.69, 9.17) is 4.52 Å². The highest BCUT2D eigenvalue weighted by Crippen LogP contribution is 2.22. The molecule has 1 fully saturated rings. The zero-order chi connectivity index (χ0) is 16.5. The number of aromatic nitrogens is 1. The van der Waals surface area contributed by atoms with E-state index in [2.05, 4.69) is 12.1 Å². The topological polar surface area (TPSA) is 80.5 Å². The fourth-order valence-corrected chi connectivity index (χ4v) is 4.19. The first-order chi connectivity index (χ1) is 10.2. The lowest BCUT2D eigenvalue weighted by molar-refractivity contribution is -0.131. The van der Waals surface area contributed by atoms with E-state index in [0.717, 1.165) is 12.8 Å². The molecule has 1 atom stereocenters. The molecule has 1 aliphatic rings. The van der Waals surface area contributed by atoms with Gasteiger partial charge in [0.25, 0.3) is 0 Å². The fourth-order valence-electron chi connectivity index (χ4n) is 2.67. The number of aryl methyl sites for hydroxylation is 2. The molecule has 2 heterocycles. The fraction of sp³-hybridized carbons (Fsp3) is 0.733. The highest BCUT2D eigenvalue weighted by molar-refractivity contribution is 7.92. The first kappa shape index (κ1) is 17.0. The standard InChI is InChI=1S/C15H24N2O4S/c1-10-5-7-17(8-6-10)15(18)13(4)22(19,20)9-14-11(2)16-21-12(14)3/h10,13H,5-9H2,1-4H3/t13-/m1/s1. The highest BCUT2D eigenvalue weighted by atomic mass is 32.2. The summed E-state index contributed by atoms with van der Waals surface area (Å²) in [6, 6.07) is 0. The number of likely N-dealkylation sites (tertiary alicyclic amines) is 1. The third-order valence-corrected chi connectivity index (χ3v) is 6.48. The Kier molecular flexibility index (Phi) is 4.94. The van der Waals surface area contributed by atoms with Crippen LogP contribution in [-0.2, 0) is 20.4 Å². The van der Waals surface area contributed by atoms with Gasteiger partial charge in [0.05, 0.1) is 11.4 Å². The molecule has 0 aromatic carbocycles. The maximum Gasteiger partial charge on any atom is 0.240 e. The smallest absolute Gasteiger partial charge is 0.240 e. The van der Waals surface area contributed by atoms with Crippen molar-refractivity contribution in [1.29, 1.82) is 0 Å². The molecular weight excluding hydrogens is 304 g/mol. The van der Waals surface area contributed by atoms with Gasteiger partial charge in [0, 0.05) is 18.7 Å². The number of carbonyl (C=O) groups is 1. The number of piperidine rings is 1. The van der Waals surface area contributed by atoms with Crippen molar-refractivity contribution in [2.45, 2.75) is 51.5 Å². The molecule has 0 radical (unpaired) electrons. The molecule has 0 unspecified atom stereocenters. The van der Waals surface area contributed by atoms with Crippen molar-refractivity contribution in [3.63, 3.8) is 0 Å². The van der Waals surface area contributed by atoms with Gasteiger partial charge in [-0.3, -0.25) is 4.79 Å². The molecule has 1 amide bonds. The Balaban J connectivity index is 2.10. The van der Waals surface area contributed by atoms with Gasteiger partial charge in [-0.15, -0.1) is 0 Å². The van der Waals surface area contributed by atoms with E-state index in [0.29, 0.717) is 36.0 Å². The van der Waals surface area contributed by atoms with Crippen LogP contribution in [0.5, 0.6) is 0 Å². The van der Waals surface area contributed by atoms with Crippen LogP contribution in [0.3, 0.4) is 0 Å². The zero-order valence-electron chi connectivity index (χ0n) is 13.6. The summed E-state index contributed by atoms with van der Waals surface area (Å²) < 4.78 is 30.1. The predicted molar refractivity (Wildman–Crippen MR) is 83.0 cm³/mol. The minimum absolute atomic E-state index is 0.203. The molecule has 0 N–H and O–H groups in total. The lowest BCUT2D eigenvalue weighted by Gasteiger charge is -2.32. The van der Waals surface area contributed by atoms with Crippen molar-refractivity contribution in [3.05, 3.63) is 17.0 Å². The third kappa shape index (κ3) is 3.51. The van der Waals surface area contributed by atoms with Crippen LogP contribution in [0.1, 0.15) is 43.7 Å². The Bertz CT molecular complexity index is 623. The molecule has 1 aromatic heterocycles. The van der Waals surface area contributed by atoms with E-state index in [-0.39, 0.29) is 11.7 Å². The van der Waals surface area contributed by atoms with Crippen molar-refractivity contribution in [3.8, 4) is 0 Å². The summed E-state index contributed by atoms with van der Waals surface area (Å²) in [7, 11) is -3.58. The minimum Gasteiger partial charge on any atom is -0.361 e. The van der Waals surface area contributed by atoms with Crippen LogP contribution < -0.4 is 0 Å². The van der Waals surface area contributed by atoms with Gasteiger partial charge in [0.2, 0.25) is 5.91 Å². The summed E-state index contributed by atoms with van der Waals surface area (Å²) in [6.45, 7) is 8.31. The maximum absolute atomic E-state index is 12.5. The molecule has 6 nitrogen and oxygen atoms in total. The Morgan fingerprint density at radius 3 is 2.45 bits per heavy atom. The van der Waals surface area contributed by atoms with Gasteiger partial charge in [-0.2, -0.15) is 0 Å². The van der Waals surface area contributed by atoms with E-state index in [1.54, 1.807) is 18.7 Å². The van der Waals surface area contributed by atoms with E-state index in [1.165, 1.54) is 6.92 Å². The summed E-state index contributed by atoms with van der Waals surface area (Å²) in [5.41, 5.74) is 1.12. The molecule has 2 rings (SSSR count). The average molecular weight is 328 g/mol. The first-order valence-electron chi connectivity index (χ1n) is 7.64. The third-order valence-electron chi connectivity index (χ3n) is 4.51. The lowest BCUT2D eigenvalue weighted by atomic mass is 9.99. The van der Waals surface area contributed by atoms with Crippen LogP contribution in [0.15, 0.2) is 4.52 Å². The van der Waals surface area contributed by atoms with Crippen molar-refractivity contribution >= 4 is 15.7 Å². The number of carbonyl (C=O) groups excluding carboxylic acids is 1. The summed E-state index contributed by atoms with van der Waals surface area (Å²) in [6.07, 6.45) is 1.87. The van der Waals surface area contributed by atoms with Crippen molar-refractivity contribution in [2.75, 3.05) is 13.1 Å². The second-order valence-electron chi connectivity index (χ2n) is 6.26. The van der Waals surface area contributed by atoms with Crippen LogP contribution in [0, 0.1) is 19.8 Å². The largest absolute Gasteiger partial charge is 0.361 e. The average Bonchev–Trinajstić information content (AvgIpc) is 2.78. The van der Waals surface area contributed by atoms with Crippen LogP contribution in [0.4, 0.5) is 0 Å². The van der Waals surface area contributed by atoms with Gasteiger partial charge in [-0.05, 0) is 39.5 Å². The normalized spacial score (nSPS) is 18.5. The molecule has 1 saturated heterocycles.